The van der Waals surface area contributed by atoms with Crippen LogP contribution < -0.4 is 32.9 Å². The molecule has 2 fully saturated rings. The third-order valence-electron chi connectivity index (χ3n) is 11.8. The molecule has 2 aliphatic heterocycles. The van der Waals surface area contributed by atoms with Crippen LogP contribution in [0.1, 0.15) is 78.0 Å². The Labute approximate surface area is 367 Å². The third-order valence-corrected chi connectivity index (χ3v) is 17.8. The second-order valence-electron chi connectivity index (χ2n) is 16.8. The van der Waals surface area contributed by atoms with Gasteiger partial charge < -0.3 is 33.9 Å². The van der Waals surface area contributed by atoms with Gasteiger partial charge in [0.25, 0.3) is 19.4 Å². The number of H-pyrrole nitrogens is 2. The van der Waals surface area contributed by atoms with E-state index < -0.39 is 99.9 Å². The zero-order valence-electron chi connectivity index (χ0n) is 37.2. The van der Waals surface area contributed by atoms with Crippen molar-refractivity contribution in [3.8, 4) is 0 Å². The highest BCUT2D eigenvalue weighted by Gasteiger charge is 2.55. The van der Waals surface area contributed by atoms with Crippen LogP contribution in [0.25, 0.3) is 0 Å². The minimum Gasteiger partial charge on any atom is -0.402 e. The number of ether oxygens (including phenoxy) is 2. The molecule has 2 saturated heterocycles. The van der Waals surface area contributed by atoms with Crippen molar-refractivity contribution in [2.24, 2.45) is 0 Å². The average molecular weight is 916 g/mol. The fourth-order valence-electron chi connectivity index (χ4n) is 8.12. The number of aliphatic hydroxyl groups is 2. The van der Waals surface area contributed by atoms with Crippen LogP contribution in [-0.2, 0) is 27.5 Å². The number of benzene rings is 2. The van der Waals surface area contributed by atoms with Gasteiger partial charge in [0.2, 0.25) is 0 Å². The molecule has 2 aromatic heterocycles. The summed E-state index contributed by atoms with van der Waals surface area (Å²) >= 11 is 0. The van der Waals surface area contributed by atoms with E-state index in [4.69, 9.17) is 22.9 Å². The van der Waals surface area contributed by atoms with E-state index in [1.807, 2.05) is 60.7 Å². The molecule has 4 heterocycles. The lowest BCUT2D eigenvalue weighted by molar-refractivity contribution is -0.149. The number of hydrogen-bond acceptors (Lipinski definition) is 13. The Balaban J connectivity index is 0.000000985. The van der Waals surface area contributed by atoms with Gasteiger partial charge in [-0.1, -0.05) is 102 Å². The Morgan fingerprint density at radius 3 is 1.71 bits per heavy atom. The first-order valence-electron chi connectivity index (χ1n) is 21.1. The van der Waals surface area contributed by atoms with Crippen molar-refractivity contribution in [2.45, 2.75) is 110 Å². The number of nitrogens with zero attached hydrogens (tertiary/aromatic N) is 3. The SMILES string of the molecule is CCN(CC)CC.Cc1cn([C@H]2C[C@H](O[Si](c3ccccc3)(c3ccccc3)C(C)(C)C)[C@@H](COP(=O)(O)O[C@H]3C[C@H](n4cc(C)c(=O)[nH]c4=O)OC3(CO)CO)O2)c(=O)[nH]c1=O. The Morgan fingerprint density at radius 2 is 1.29 bits per heavy atom. The van der Waals surface area contributed by atoms with E-state index in [1.54, 1.807) is 6.92 Å². The van der Waals surface area contributed by atoms with Crippen molar-refractivity contribution in [3.05, 3.63) is 126 Å². The van der Waals surface area contributed by atoms with Crippen LogP contribution >= 0.6 is 7.82 Å². The van der Waals surface area contributed by atoms with Gasteiger partial charge >= 0.3 is 19.2 Å². The molecule has 0 aliphatic carbocycles. The highest BCUT2D eigenvalue weighted by atomic mass is 31.2. The van der Waals surface area contributed by atoms with Gasteiger partial charge in [0.1, 0.15) is 30.3 Å². The van der Waals surface area contributed by atoms with Crippen LogP contribution in [0, 0.1) is 13.8 Å². The fourth-order valence-corrected chi connectivity index (χ4v) is 13.8. The first-order valence-corrected chi connectivity index (χ1v) is 24.5. The van der Waals surface area contributed by atoms with Crippen LogP contribution in [-0.4, -0.2) is 111 Å². The van der Waals surface area contributed by atoms with Gasteiger partial charge in [0.05, 0.1) is 25.9 Å². The average Bonchev–Trinajstić information content (AvgIpc) is 3.83. The maximum absolute atomic E-state index is 13.7. The zero-order chi connectivity index (χ0) is 46.3. The fraction of sp³-hybridized carbons (Fsp3) is 0.535. The summed E-state index contributed by atoms with van der Waals surface area (Å²) in [6.45, 7) is 17.1. The van der Waals surface area contributed by atoms with E-state index in [-0.39, 0.29) is 24.0 Å². The molecule has 0 amide bonds. The molecule has 6 rings (SSSR count). The number of phosphoric acid groups is 1. The first kappa shape index (κ1) is 49.9. The largest absolute Gasteiger partial charge is 0.472 e. The standard InChI is InChI=1S/C37H47N4O13PSi.C6H15N/c1-23-18-40(34(46)38-32(23)44)30-16-27(54-56(36(3,4)5,25-12-8-6-9-13-25)26-14-10-7-11-15-26)28(51-30)20-50-55(48,49)53-29-17-31(52-37(29,21-42)22-43)41-19-24(2)33(45)39-35(41)47;1-4-7(5-2)6-3/h6-15,18-19,27-31,42-43H,16-17,20-22H2,1-5H3,(H,48,49)(H,38,44,46)(H,39,45,47);4-6H2,1-3H3/t27-,28+,29-,30+,31+;/m0./s1. The predicted molar refractivity (Wildman–Crippen MR) is 239 cm³/mol. The van der Waals surface area contributed by atoms with Crippen molar-refractivity contribution in [3.63, 3.8) is 0 Å². The highest BCUT2D eigenvalue weighted by Crippen LogP contribution is 2.51. The van der Waals surface area contributed by atoms with Crippen LogP contribution in [0.5, 0.6) is 0 Å². The molecule has 2 aliphatic rings. The Morgan fingerprint density at radius 1 is 0.810 bits per heavy atom. The number of aromatic amines is 2. The molecule has 18 nitrogen and oxygen atoms in total. The molecular formula is C43H62N5O13PSi. The number of rotatable bonds is 16. The molecule has 63 heavy (non-hydrogen) atoms. The van der Waals surface area contributed by atoms with E-state index in [1.165, 1.54) is 43.5 Å². The number of aryl methyl sites for hydroxylation is 2. The number of phosphoric ester groups is 1. The third kappa shape index (κ3) is 11.1. The molecule has 0 bridgehead atoms. The quantitative estimate of drug-likeness (QED) is 0.0803. The van der Waals surface area contributed by atoms with E-state index >= 15 is 0 Å². The topological polar surface area (TPSA) is 237 Å². The van der Waals surface area contributed by atoms with Crippen LogP contribution in [0.3, 0.4) is 0 Å². The number of aliphatic hydroxyl groups excluding tert-OH is 2. The zero-order valence-corrected chi connectivity index (χ0v) is 39.1. The minimum atomic E-state index is -5.08. The summed E-state index contributed by atoms with van der Waals surface area (Å²) in [6.07, 6.45) is -3.16. The normalized spacial score (nSPS) is 22.1. The lowest BCUT2D eigenvalue weighted by atomic mass is 9.99. The monoisotopic (exact) mass is 915 g/mol. The van der Waals surface area contributed by atoms with Crippen molar-refractivity contribution >= 4 is 26.5 Å². The Kier molecular flexibility index (Phi) is 16.5. The van der Waals surface area contributed by atoms with Crippen molar-refractivity contribution in [1.82, 2.24) is 24.0 Å². The van der Waals surface area contributed by atoms with Gasteiger partial charge in [0.15, 0.2) is 0 Å². The van der Waals surface area contributed by atoms with E-state index in [2.05, 4.69) is 56.4 Å². The molecule has 0 saturated carbocycles. The molecular weight excluding hydrogens is 854 g/mol. The lowest BCUT2D eigenvalue weighted by Crippen LogP contribution is -2.68. The molecule has 20 heteroatoms. The number of hydrogen-bond donors (Lipinski definition) is 5. The second-order valence-corrected chi connectivity index (χ2v) is 22.5. The molecule has 0 spiro atoms. The summed E-state index contributed by atoms with van der Waals surface area (Å²) in [5.41, 5.74) is -4.23. The van der Waals surface area contributed by atoms with Gasteiger partial charge in [-0.15, -0.1) is 0 Å². The minimum absolute atomic E-state index is 0.0874. The summed E-state index contributed by atoms with van der Waals surface area (Å²) < 4.78 is 46.7. The number of aromatic nitrogens is 4. The van der Waals surface area contributed by atoms with Gasteiger partial charge in [-0.25, -0.2) is 14.2 Å². The van der Waals surface area contributed by atoms with Crippen molar-refractivity contribution in [1.29, 1.82) is 0 Å². The second kappa shape index (κ2) is 20.8. The Bertz CT molecular complexity index is 2370. The molecule has 4 aromatic rings. The smallest absolute Gasteiger partial charge is 0.402 e. The van der Waals surface area contributed by atoms with E-state index in [0.29, 0.717) is 0 Å². The van der Waals surface area contributed by atoms with Crippen LogP contribution in [0.15, 0.2) is 92.2 Å². The highest BCUT2D eigenvalue weighted by molar-refractivity contribution is 7.47. The van der Waals surface area contributed by atoms with Crippen molar-refractivity contribution in [2.75, 3.05) is 39.5 Å². The summed E-state index contributed by atoms with van der Waals surface area (Å²) in [6, 6.07) is 19.5. The summed E-state index contributed by atoms with van der Waals surface area (Å²) in [4.78, 5) is 67.9. The predicted octanol–water partition coefficient (Wildman–Crippen LogP) is 2.43. The van der Waals surface area contributed by atoms with Crippen molar-refractivity contribution < 1.29 is 42.6 Å². The van der Waals surface area contributed by atoms with Gasteiger partial charge in [-0.2, -0.15) is 0 Å². The number of nitrogens with one attached hydrogen (secondary N) is 2. The van der Waals surface area contributed by atoms with Crippen LogP contribution in [0.2, 0.25) is 5.04 Å². The van der Waals surface area contributed by atoms with E-state index in [0.717, 1.165) is 14.9 Å². The van der Waals surface area contributed by atoms with Gasteiger partial charge in [-0.3, -0.25) is 37.7 Å². The molecule has 346 valence electrons. The molecule has 0 radical (unpaired) electrons. The molecule has 2 aromatic carbocycles. The maximum atomic E-state index is 13.7. The Hall–Kier alpha value is -4.11. The van der Waals surface area contributed by atoms with Crippen LogP contribution in [0.4, 0.5) is 0 Å². The lowest BCUT2D eigenvalue weighted by Gasteiger charge is -2.45. The van der Waals surface area contributed by atoms with Gasteiger partial charge in [-0.05, 0) is 48.9 Å². The summed E-state index contributed by atoms with van der Waals surface area (Å²) in [5, 5.41) is 22.0. The summed E-state index contributed by atoms with van der Waals surface area (Å²) in [7, 11) is -8.35. The molecule has 6 atom stereocenters. The van der Waals surface area contributed by atoms with Gasteiger partial charge in [0, 0.05) is 36.4 Å². The molecule has 5 N–H and O–H groups in total. The first-order chi connectivity index (χ1) is 29.8. The summed E-state index contributed by atoms with van der Waals surface area (Å²) in [5.74, 6) is 0. The molecule has 1 unspecified atom stereocenters. The maximum Gasteiger partial charge on any atom is 0.472 e. The van der Waals surface area contributed by atoms with E-state index in [9.17, 15) is 38.8 Å².